The molecule has 3 rings (SSSR count). The van der Waals surface area contributed by atoms with Crippen molar-refractivity contribution in [2.45, 2.75) is 19.9 Å². The summed E-state index contributed by atoms with van der Waals surface area (Å²) in [5.41, 5.74) is 0.871. The lowest BCUT2D eigenvalue weighted by atomic mass is 9.91. The highest BCUT2D eigenvalue weighted by Gasteiger charge is 2.46. The van der Waals surface area contributed by atoms with Crippen LogP contribution in [-0.4, -0.2) is 48.1 Å². The van der Waals surface area contributed by atoms with Crippen LogP contribution in [0.5, 0.6) is 0 Å². The molecule has 0 radical (unpaired) electrons. The van der Waals surface area contributed by atoms with Gasteiger partial charge in [0.25, 0.3) is 0 Å². The van der Waals surface area contributed by atoms with Gasteiger partial charge in [-0.3, -0.25) is 4.90 Å². The number of para-hydroxylation sites is 1. The third-order valence-electron chi connectivity index (χ3n) is 4.26. The first-order chi connectivity index (χ1) is 9.63. The number of carbonyl (C=O) groups is 1. The Balaban J connectivity index is 1.54. The molecular weight excluding hydrogens is 250 g/mol. The molecule has 4 nitrogen and oxygen atoms in total. The molecule has 0 spiro atoms. The molecule has 1 N–H and O–H groups in total. The summed E-state index contributed by atoms with van der Waals surface area (Å²) in [6.07, 6.45) is 0. The van der Waals surface area contributed by atoms with Crippen molar-refractivity contribution in [1.82, 2.24) is 9.80 Å². The summed E-state index contributed by atoms with van der Waals surface area (Å²) >= 11 is 0. The number of benzene rings is 1. The smallest absolute Gasteiger partial charge is 0.321 e. The zero-order valence-electron chi connectivity index (χ0n) is 12.2. The van der Waals surface area contributed by atoms with E-state index in [2.05, 4.69) is 24.1 Å². The van der Waals surface area contributed by atoms with E-state index in [1.165, 1.54) is 0 Å². The maximum Gasteiger partial charge on any atom is 0.321 e. The van der Waals surface area contributed by atoms with E-state index in [9.17, 15) is 4.79 Å². The van der Waals surface area contributed by atoms with Crippen LogP contribution < -0.4 is 5.32 Å². The summed E-state index contributed by atoms with van der Waals surface area (Å²) in [5.74, 6) is 1.37. The summed E-state index contributed by atoms with van der Waals surface area (Å²) < 4.78 is 0. The molecule has 2 saturated heterocycles. The minimum Gasteiger partial charge on any atom is -0.323 e. The van der Waals surface area contributed by atoms with Crippen LogP contribution in [-0.2, 0) is 0 Å². The van der Waals surface area contributed by atoms with Crippen LogP contribution in [0.1, 0.15) is 13.8 Å². The van der Waals surface area contributed by atoms with E-state index in [0.29, 0.717) is 17.9 Å². The molecule has 2 atom stereocenters. The minimum atomic E-state index is 0.0371. The average Bonchev–Trinajstić information content (AvgIpc) is 2.75. The molecular formula is C16H23N3O. The molecule has 0 aliphatic carbocycles. The molecule has 2 aliphatic rings. The molecule has 108 valence electrons. The zero-order chi connectivity index (χ0) is 14.1. The second-order valence-corrected chi connectivity index (χ2v) is 6.38. The molecule has 1 aromatic rings. The Hall–Kier alpha value is -1.55. The van der Waals surface area contributed by atoms with Gasteiger partial charge in [0.2, 0.25) is 0 Å². The first-order valence-corrected chi connectivity index (χ1v) is 7.48. The van der Waals surface area contributed by atoms with Gasteiger partial charge in [-0.05, 0) is 18.1 Å². The fraction of sp³-hybridized carbons (Fsp3) is 0.562. The number of anilines is 1. The van der Waals surface area contributed by atoms with Crippen LogP contribution in [0.15, 0.2) is 30.3 Å². The summed E-state index contributed by atoms with van der Waals surface area (Å²) in [5, 5.41) is 2.98. The Morgan fingerprint density at radius 1 is 1.25 bits per heavy atom. The monoisotopic (exact) mass is 273 g/mol. The quantitative estimate of drug-likeness (QED) is 0.918. The molecule has 2 fully saturated rings. The Morgan fingerprint density at radius 3 is 2.70 bits per heavy atom. The highest BCUT2D eigenvalue weighted by atomic mass is 16.2. The van der Waals surface area contributed by atoms with Crippen molar-refractivity contribution < 1.29 is 4.79 Å². The fourth-order valence-electron chi connectivity index (χ4n) is 3.31. The Kier molecular flexibility index (Phi) is 3.66. The van der Waals surface area contributed by atoms with Crippen LogP contribution in [0.4, 0.5) is 10.5 Å². The second-order valence-electron chi connectivity index (χ2n) is 6.38. The average molecular weight is 273 g/mol. The Bertz CT molecular complexity index is 474. The molecule has 0 saturated carbocycles. The number of carbonyl (C=O) groups excluding carboxylic acids is 1. The van der Waals surface area contributed by atoms with Crippen molar-refractivity contribution in [2.24, 2.45) is 11.8 Å². The van der Waals surface area contributed by atoms with Gasteiger partial charge in [0.1, 0.15) is 0 Å². The van der Waals surface area contributed by atoms with E-state index < -0.39 is 0 Å². The van der Waals surface area contributed by atoms with Crippen molar-refractivity contribution >= 4 is 11.7 Å². The van der Waals surface area contributed by atoms with E-state index >= 15 is 0 Å². The van der Waals surface area contributed by atoms with Crippen LogP contribution in [0.3, 0.4) is 0 Å². The summed E-state index contributed by atoms with van der Waals surface area (Å²) in [7, 11) is 0. The molecule has 20 heavy (non-hydrogen) atoms. The summed E-state index contributed by atoms with van der Waals surface area (Å²) in [6, 6.07) is 10.3. The lowest BCUT2D eigenvalue weighted by molar-refractivity contribution is 0.0403. The predicted molar refractivity (Wildman–Crippen MR) is 80.7 cm³/mol. The third kappa shape index (κ3) is 2.66. The van der Waals surface area contributed by atoms with Crippen molar-refractivity contribution in [3.05, 3.63) is 30.3 Å². The van der Waals surface area contributed by atoms with Crippen LogP contribution in [0.25, 0.3) is 0 Å². The van der Waals surface area contributed by atoms with Crippen molar-refractivity contribution in [1.29, 1.82) is 0 Å². The minimum absolute atomic E-state index is 0.0371. The van der Waals surface area contributed by atoms with Gasteiger partial charge in [-0.1, -0.05) is 32.0 Å². The molecule has 0 bridgehead atoms. The summed E-state index contributed by atoms with van der Waals surface area (Å²) in [6.45, 7) is 8.57. The molecule has 2 aliphatic heterocycles. The van der Waals surface area contributed by atoms with E-state index in [1.807, 2.05) is 35.2 Å². The largest absolute Gasteiger partial charge is 0.323 e. The number of amides is 2. The first kappa shape index (κ1) is 13.4. The van der Waals surface area contributed by atoms with E-state index in [-0.39, 0.29) is 6.03 Å². The lowest BCUT2D eigenvalue weighted by Gasteiger charge is -2.44. The number of urea groups is 1. The topological polar surface area (TPSA) is 35.6 Å². The molecule has 0 aromatic heterocycles. The standard InChI is InChI=1S/C16H23N3O/c1-12(2)8-18-9-13-10-19(11-15(13)18)16(20)17-14-6-4-3-5-7-14/h3-7,12-13,15H,8-11H2,1-2H3,(H,17,20)/t13-,15+/m0/s1. The maximum absolute atomic E-state index is 12.3. The first-order valence-electron chi connectivity index (χ1n) is 7.48. The third-order valence-corrected chi connectivity index (χ3v) is 4.26. The van der Waals surface area contributed by atoms with Gasteiger partial charge in [0.15, 0.2) is 0 Å². The van der Waals surface area contributed by atoms with Crippen molar-refractivity contribution in [3.8, 4) is 0 Å². The number of hydrogen-bond acceptors (Lipinski definition) is 2. The molecule has 0 unspecified atom stereocenters. The van der Waals surface area contributed by atoms with Gasteiger partial charge in [0.05, 0.1) is 0 Å². The highest BCUT2D eigenvalue weighted by Crippen LogP contribution is 2.33. The number of nitrogens with one attached hydrogen (secondary N) is 1. The van der Waals surface area contributed by atoms with Crippen LogP contribution >= 0.6 is 0 Å². The van der Waals surface area contributed by atoms with E-state index in [4.69, 9.17) is 0 Å². The fourth-order valence-corrected chi connectivity index (χ4v) is 3.31. The van der Waals surface area contributed by atoms with Crippen LogP contribution in [0.2, 0.25) is 0 Å². The maximum atomic E-state index is 12.3. The predicted octanol–water partition coefficient (Wildman–Crippen LogP) is 2.49. The van der Waals surface area contributed by atoms with Gasteiger partial charge in [-0.25, -0.2) is 4.79 Å². The Labute approximate surface area is 120 Å². The SMILES string of the molecule is CC(C)CN1C[C@H]2CN(C(=O)Nc3ccccc3)C[C@H]21. The Morgan fingerprint density at radius 2 is 2.00 bits per heavy atom. The lowest BCUT2D eigenvalue weighted by Crippen LogP contribution is -2.56. The molecule has 4 heteroatoms. The van der Waals surface area contributed by atoms with Gasteiger partial charge in [0, 0.05) is 43.8 Å². The summed E-state index contributed by atoms with van der Waals surface area (Å²) in [4.78, 5) is 16.7. The van der Waals surface area contributed by atoms with Crippen LogP contribution in [0, 0.1) is 11.8 Å². The van der Waals surface area contributed by atoms with Gasteiger partial charge < -0.3 is 10.2 Å². The molecule has 2 amide bonds. The van der Waals surface area contributed by atoms with Gasteiger partial charge in [-0.2, -0.15) is 0 Å². The van der Waals surface area contributed by atoms with Crippen molar-refractivity contribution in [3.63, 3.8) is 0 Å². The number of fused-ring (bicyclic) bond motifs is 1. The van der Waals surface area contributed by atoms with Gasteiger partial charge in [-0.15, -0.1) is 0 Å². The molecule has 2 heterocycles. The van der Waals surface area contributed by atoms with E-state index in [0.717, 1.165) is 31.9 Å². The number of hydrogen-bond donors (Lipinski definition) is 1. The number of likely N-dealkylation sites (tertiary alicyclic amines) is 2. The van der Waals surface area contributed by atoms with Gasteiger partial charge >= 0.3 is 6.03 Å². The van der Waals surface area contributed by atoms with E-state index in [1.54, 1.807) is 0 Å². The van der Waals surface area contributed by atoms with Crippen molar-refractivity contribution in [2.75, 3.05) is 31.5 Å². The number of rotatable bonds is 3. The molecule has 1 aromatic carbocycles. The normalized spacial score (nSPS) is 25.4. The number of nitrogens with zero attached hydrogens (tertiary/aromatic N) is 2. The zero-order valence-corrected chi connectivity index (χ0v) is 12.2. The highest BCUT2D eigenvalue weighted by molar-refractivity contribution is 5.89. The second kappa shape index (κ2) is 5.44.